The maximum atomic E-state index is 13.2. The number of fused-ring (bicyclic) bond motifs is 1. The number of alkyl halides is 3. The Bertz CT molecular complexity index is 2160. The van der Waals surface area contributed by atoms with Crippen LogP contribution in [0, 0.1) is 18.3 Å². The highest BCUT2D eigenvalue weighted by atomic mass is 32.1. The summed E-state index contributed by atoms with van der Waals surface area (Å²) in [4.78, 5) is 19.1. The summed E-state index contributed by atoms with van der Waals surface area (Å²) < 4.78 is 42.6. The van der Waals surface area contributed by atoms with Crippen molar-refractivity contribution in [1.29, 1.82) is 5.26 Å². The van der Waals surface area contributed by atoms with Gasteiger partial charge in [0.15, 0.2) is 0 Å². The van der Waals surface area contributed by atoms with Gasteiger partial charge in [0, 0.05) is 75.1 Å². The predicted octanol–water partition coefficient (Wildman–Crippen LogP) is 7.44. The van der Waals surface area contributed by atoms with Crippen LogP contribution in [0.2, 0.25) is 0 Å². The van der Waals surface area contributed by atoms with Crippen LogP contribution >= 0.6 is 11.3 Å². The number of rotatable bonds is 10. The molecule has 2 aromatic heterocycles. The Morgan fingerprint density at radius 3 is 2.59 bits per heavy atom. The van der Waals surface area contributed by atoms with Crippen molar-refractivity contribution in [2.75, 3.05) is 18.4 Å². The second-order valence-corrected chi connectivity index (χ2v) is 14.8. The van der Waals surface area contributed by atoms with Gasteiger partial charge < -0.3 is 15.2 Å². The highest BCUT2D eigenvalue weighted by molar-refractivity contribution is 7.09. The van der Waals surface area contributed by atoms with Gasteiger partial charge >= 0.3 is 6.18 Å². The van der Waals surface area contributed by atoms with Crippen molar-refractivity contribution in [1.82, 2.24) is 14.8 Å². The lowest BCUT2D eigenvalue weighted by Gasteiger charge is -2.33. The average Bonchev–Trinajstić information content (AvgIpc) is 3.62. The summed E-state index contributed by atoms with van der Waals surface area (Å²) in [6, 6.07) is 18.6. The molecule has 266 valence electrons. The zero-order chi connectivity index (χ0) is 36.4. The van der Waals surface area contributed by atoms with E-state index in [4.69, 9.17) is 0 Å². The molecule has 3 heterocycles. The van der Waals surface area contributed by atoms with Gasteiger partial charge in [-0.25, -0.2) is 4.99 Å². The molecule has 0 bridgehead atoms. The van der Waals surface area contributed by atoms with Gasteiger partial charge in [0.1, 0.15) is 17.6 Å². The Balaban J connectivity index is 1.15. The number of hydrogen-bond donors (Lipinski definition) is 2. The van der Waals surface area contributed by atoms with Crippen molar-refractivity contribution in [3.63, 3.8) is 0 Å². The smallest absolute Gasteiger partial charge is 0.367 e. The quantitative estimate of drug-likeness (QED) is 0.132. The normalized spacial score (nSPS) is 18.9. The fraction of sp³-hybridized carbons (Fsp3) is 0.375. The number of anilines is 1. The lowest BCUT2D eigenvalue weighted by Crippen LogP contribution is -2.43. The first-order valence-corrected chi connectivity index (χ1v) is 18.1. The second kappa shape index (κ2) is 14.9. The molecule has 1 aliphatic carbocycles. The molecule has 0 radical (unpaired) electrons. The van der Waals surface area contributed by atoms with Gasteiger partial charge in [0.2, 0.25) is 5.91 Å². The number of aliphatic imine (C=N–C) groups is 1. The zero-order valence-corrected chi connectivity index (χ0v) is 30.2. The average molecular weight is 713 g/mol. The van der Waals surface area contributed by atoms with Crippen molar-refractivity contribution in [3.8, 4) is 6.07 Å². The number of carbonyl (C=O) groups excluding carboxylic acids is 1. The maximum Gasteiger partial charge on any atom is 0.393 e. The van der Waals surface area contributed by atoms with E-state index in [9.17, 15) is 23.2 Å². The van der Waals surface area contributed by atoms with Crippen molar-refractivity contribution < 1.29 is 18.0 Å². The molecule has 11 heteroatoms. The molecule has 2 aromatic carbocycles. The number of hydrogen-bond acceptors (Lipinski definition) is 6. The van der Waals surface area contributed by atoms with E-state index < -0.39 is 12.6 Å². The molecule has 2 atom stereocenters. The van der Waals surface area contributed by atoms with Crippen molar-refractivity contribution in [3.05, 3.63) is 98.2 Å². The van der Waals surface area contributed by atoms with Crippen LogP contribution in [0.4, 0.5) is 18.9 Å². The zero-order valence-electron chi connectivity index (χ0n) is 29.4. The summed E-state index contributed by atoms with van der Waals surface area (Å²) in [6.45, 7) is 13.9. The third-order valence-corrected chi connectivity index (χ3v) is 11.2. The Hall–Kier alpha value is -4.66. The number of nitrogens with zero attached hydrogens (tertiary/aromatic N) is 4. The third-order valence-electron chi connectivity index (χ3n) is 9.82. The van der Waals surface area contributed by atoms with Gasteiger partial charge in [0.05, 0.1) is 6.42 Å². The van der Waals surface area contributed by atoms with E-state index in [2.05, 4.69) is 62.9 Å². The summed E-state index contributed by atoms with van der Waals surface area (Å²) >= 11 is 1.19. The topological polar surface area (TPSA) is 85.5 Å². The molecule has 51 heavy (non-hydrogen) atoms. The van der Waals surface area contributed by atoms with Gasteiger partial charge in [-0.3, -0.25) is 9.69 Å². The van der Waals surface area contributed by atoms with Gasteiger partial charge in [-0.1, -0.05) is 30.4 Å². The van der Waals surface area contributed by atoms with Crippen LogP contribution < -0.4 is 20.4 Å². The predicted molar refractivity (Wildman–Crippen MR) is 200 cm³/mol. The Morgan fingerprint density at radius 2 is 1.92 bits per heavy atom. The first kappa shape index (κ1) is 36.1. The van der Waals surface area contributed by atoms with E-state index in [1.54, 1.807) is 12.3 Å². The van der Waals surface area contributed by atoms with Crippen molar-refractivity contribution in [2.24, 2.45) is 4.99 Å². The first-order chi connectivity index (χ1) is 24.4. The summed E-state index contributed by atoms with van der Waals surface area (Å²) in [7, 11) is 0. The molecular formula is C40H43F3N6OS. The minimum atomic E-state index is -4.26. The minimum absolute atomic E-state index is 0.150. The number of likely N-dealkylation sites (tertiary alicyclic amines) is 1. The molecule has 4 aromatic rings. The molecule has 2 aliphatic rings. The Morgan fingerprint density at radius 1 is 1.16 bits per heavy atom. The molecule has 1 saturated carbocycles. The molecule has 6 rings (SSSR count). The summed E-state index contributed by atoms with van der Waals surface area (Å²) in [6.07, 6.45) is 0.411. The number of piperidine rings is 1. The van der Waals surface area contributed by atoms with Crippen LogP contribution in [-0.2, 0) is 17.8 Å². The monoisotopic (exact) mass is 712 g/mol. The van der Waals surface area contributed by atoms with Gasteiger partial charge in [-0.2, -0.15) is 18.4 Å². The number of nitrogens with one attached hydrogen (secondary N) is 2. The number of thiophene rings is 1. The van der Waals surface area contributed by atoms with E-state index >= 15 is 0 Å². The van der Waals surface area contributed by atoms with E-state index in [0.717, 1.165) is 76.4 Å². The largest absolute Gasteiger partial charge is 0.393 e. The standard InChI is InChI=1S/C40H43F3N6OS/c1-6-37(50)46-29-10-8-9-26(17-29)33-20-36(33)49-30(22-44)18-32-25(5)27(11-12-35(32)49)23-48-15-13-28(14-16-48)47-39(45-7-2)34-19-31(21-40(41,42)43)51-38(34)24(3)4/h6-12,17-19,28,33,36,47H,1,13-16,20-21,23H2,2-5H3,(H,46,50)/b39-34+,45-7-. The molecule has 2 fully saturated rings. The molecule has 2 N–H and O–H groups in total. The maximum absolute atomic E-state index is 13.2. The van der Waals surface area contributed by atoms with Crippen molar-refractivity contribution in [2.45, 2.75) is 84.1 Å². The van der Waals surface area contributed by atoms with Gasteiger partial charge in [0.25, 0.3) is 0 Å². The number of aromatic nitrogens is 1. The number of halogens is 3. The SMILES string of the molecule is C=CC(=O)Nc1cccc(C2CC2n2c(C#N)cc3c(C)c(CN4CCC(NC(/N=C\C)=c5\cc(CC(F)(F)F)sc5=C(C)C)CC4)ccc32)c1. The van der Waals surface area contributed by atoms with E-state index in [1.807, 2.05) is 45.0 Å². The molecule has 1 amide bonds. The molecule has 1 saturated heterocycles. The highest BCUT2D eigenvalue weighted by Crippen LogP contribution is 2.53. The number of aryl methyl sites for hydroxylation is 1. The summed E-state index contributed by atoms with van der Waals surface area (Å²) in [5.74, 6) is 0.629. The van der Waals surface area contributed by atoms with Crippen LogP contribution in [0.25, 0.3) is 22.3 Å². The lowest BCUT2D eigenvalue weighted by atomic mass is 10.0. The number of benzene rings is 2. The fourth-order valence-corrected chi connectivity index (χ4v) is 8.37. The molecule has 2 unspecified atom stereocenters. The third kappa shape index (κ3) is 8.13. The van der Waals surface area contributed by atoms with Gasteiger partial charge in [-0.05, 0) is 100 Å². The van der Waals surface area contributed by atoms with E-state index in [-0.39, 0.29) is 28.8 Å². The van der Waals surface area contributed by atoms with Crippen LogP contribution in [0.15, 0.2) is 66.2 Å². The van der Waals surface area contributed by atoms with Gasteiger partial charge in [-0.15, -0.1) is 11.3 Å². The van der Waals surface area contributed by atoms with E-state index in [1.165, 1.54) is 28.5 Å². The van der Waals surface area contributed by atoms with Crippen LogP contribution in [-0.4, -0.2) is 46.9 Å². The number of amides is 1. The van der Waals surface area contributed by atoms with Crippen LogP contribution in [0.3, 0.4) is 0 Å². The summed E-state index contributed by atoms with van der Waals surface area (Å²) in [5.41, 5.74) is 6.94. The molecular weight excluding hydrogens is 670 g/mol. The molecule has 1 aliphatic heterocycles. The van der Waals surface area contributed by atoms with Crippen molar-refractivity contribution >= 4 is 51.4 Å². The fourth-order valence-electron chi connectivity index (χ4n) is 7.23. The summed E-state index contributed by atoms with van der Waals surface area (Å²) in [5, 5.41) is 18.4. The highest BCUT2D eigenvalue weighted by Gasteiger charge is 2.42. The Labute approximate surface area is 300 Å². The first-order valence-electron chi connectivity index (χ1n) is 17.3. The van der Waals surface area contributed by atoms with Crippen LogP contribution in [0.5, 0.6) is 0 Å². The second-order valence-electron chi connectivity index (χ2n) is 13.7. The molecule has 0 spiro atoms. The lowest BCUT2D eigenvalue weighted by molar-refractivity contribution is -0.126. The molecule has 7 nitrogen and oxygen atoms in total. The van der Waals surface area contributed by atoms with E-state index in [0.29, 0.717) is 11.5 Å². The number of nitriles is 1. The van der Waals surface area contributed by atoms with Crippen LogP contribution in [0.1, 0.15) is 79.3 Å². The Kier molecular flexibility index (Phi) is 10.6. The number of carbonyl (C=O) groups is 1. The minimum Gasteiger partial charge on any atom is -0.367 e.